The monoisotopic (exact) mass is 403 g/mol. The van der Waals surface area contributed by atoms with Crippen LogP contribution in [0.4, 0.5) is 5.69 Å². The fourth-order valence-corrected chi connectivity index (χ4v) is 2.61. The summed E-state index contributed by atoms with van der Waals surface area (Å²) in [6, 6.07) is 13.1. The first-order valence-electron chi connectivity index (χ1n) is 7.98. The van der Waals surface area contributed by atoms with E-state index in [1.807, 2.05) is 37.3 Å². The molecule has 0 bridgehead atoms. The zero-order valence-electron chi connectivity index (χ0n) is 14.5. The summed E-state index contributed by atoms with van der Waals surface area (Å²) in [6.07, 6.45) is 0. The van der Waals surface area contributed by atoms with Gasteiger partial charge in [0.2, 0.25) is 0 Å². The van der Waals surface area contributed by atoms with Crippen LogP contribution in [0.15, 0.2) is 52.0 Å². The molecule has 0 aliphatic carbocycles. The van der Waals surface area contributed by atoms with Crippen LogP contribution in [-0.4, -0.2) is 18.2 Å². The van der Waals surface area contributed by atoms with E-state index in [-0.39, 0.29) is 12.5 Å². The number of nitrogens with one attached hydrogen (secondary N) is 1. The maximum absolute atomic E-state index is 11.9. The van der Waals surface area contributed by atoms with Crippen LogP contribution in [0.2, 0.25) is 0 Å². The Kier molecular flexibility index (Phi) is 6.58. The number of carbonyl (C=O) groups excluding carboxylic acids is 1. The molecule has 3 N–H and O–H groups in total. The molecule has 2 rings (SSSR count). The largest absolute Gasteiger partial charge is 0.483 e. The van der Waals surface area contributed by atoms with E-state index in [1.54, 1.807) is 12.1 Å². The van der Waals surface area contributed by atoms with Crippen LogP contribution in [0, 0.1) is 0 Å². The SMILES string of the molecule is C/C(=N\NC(=O)COc1ccc(C(C)C)cc1Br)c1ccc(N)cc1. The van der Waals surface area contributed by atoms with Crippen LogP contribution in [-0.2, 0) is 4.79 Å². The first kappa shape index (κ1) is 19.0. The van der Waals surface area contributed by atoms with Crippen molar-refractivity contribution in [2.24, 2.45) is 5.10 Å². The van der Waals surface area contributed by atoms with Crippen molar-refractivity contribution in [2.45, 2.75) is 26.7 Å². The predicted octanol–water partition coefficient (Wildman–Crippen LogP) is 4.07. The molecule has 2 aromatic carbocycles. The van der Waals surface area contributed by atoms with Crippen molar-refractivity contribution in [3.05, 3.63) is 58.1 Å². The summed E-state index contributed by atoms with van der Waals surface area (Å²) in [4.78, 5) is 11.9. The normalized spacial score (nSPS) is 11.5. The number of rotatable bonds is 6. The van der Waals surface area contributed by atoms with E-state index >= 15 is 0 Å². The Hall–Kier alpha value is -2.34. The number of nitrogens with zero attached hydrogens (tertiary/aromatic N) is 1. The number of anilines is 1. The Morgan fingerprint density at radius 3 is 2.52 bits per heavy atom. The molecular formula is C19H22BrN3O2. The number of ether oxygens (including phenoxy) is 1. The summed E-state index contributed by atoms with van der Waals surface area (Å²) in [5, 5.41) is 4.08. The standard InChI is InChI=1S/C19H22BrN3O2/c1-12(2)15-6-9-18(17(20)10-15)25-11-19(24)23-22-13(3)14-4-7-16(21)8-5-14/h4-10,12H,11,21H2,1-3H3,(H,23,24)/b22-13+. The van der Waals surface area contributed by atoms with Gasteiger partial charge in [-0.15, -0.1) is 0 Å². The minimum absolute atomic E-state index is 0.113. The van der Waals surface area contributed by atoms with E-state index < -0.39 is 0 Å². The average molecular weight is 404 g/mol. The van der Waals surface area contributed by atoms with Gasteiger partial charge in [0.1, 0.15) is 5.75 Å². The molecule has 5 nitrogen and oxygen atoms in total. The molecule has 0 spiro atoms. The van der Waals surface area contributed by atoms with Crippen molar-refractivity contribution in [2.75, 3.05) is 12.3 Å². The van der Waals surface area contributed by atoms with Crippen LogP contribution < -0.4 is 15.9 Å². The molecular weight excluding hydrogens is 382 g/mol. The summed E-state index contributed by atoms with van der Waals surface area (Å²) in [5.74, 6) is 0.729. The average Bonchev–Trinajstić information content (AvgIpc) is 2.59. The number of benzene rings is 2. The van der Waals surface area contributed by atoms with Gasteiger partial charge in [-0.05, 0) is 64.2 Å². The van der Waals surface area contributed by atoms with Crippen LogP contribution in [0.3, 0.4) is 0 Å². The third-order valence-electron chi connectivity index (χ3n) is 3.66. The molecule has 0 heterocycles. The van der Waals surface area contributed by atoms with Crippen LogP contribution in [0.5, 0.6) is 5.75 Å². The molecule has 0 saturated heterocycles. The minimum Gasteiger partial charge on any atom is -0.483 e. The summed E-state index contributed by atoms with van der Waals surface area (Å²) in [7, 11) is 0. The Balaban J connectivity index is 1.90. The lowest BCUT2D eigenvalue weighted by atomic mass is 10.0. The third-order valence-corrected chi connectivity index (χ3v) is 4.28. The van der Waals surface area contributed by atoms with Gasteiger partial charge in [-0.2, -0.15) is 5.10 Å². The smallest absolute Gasteiger partial charge is 0.277 e. The van der Waals surface area contributed by atoms with E-state index in [9.17, 15) is 4.79 Å². The Morgan fingerprint density at radius 2 is 1.92 bits per heavy atom. The second-order valence-corrected chi connectivity index (χ2v) is 6.84. The second kappa shape index (κ2) is 8.67. The Labute approximate surface area is 156 Å². The van der Waals surface area contributed by atoms with E-state index in [4.69, 9.17) is 10.5 Å². The lowest BCUT2D eigenvalue weighted by molar-refractivity contribution is -0.123. The molecule has 0 radical (unpaired) electrons. The van der Waals surface area contributed by atoms with E-state index in [2.05, 4.69) is 40.3 Å². The number of nitrogens with two attached hydrogens (primary N) is 1. The molecule has 0 atom stereocenters. The number of nitrogen functional groups attached to an aromatic ring is 1. The number of hydrogen-bond donors (Lipinski definition) is 2. The van der Waals surface area contributed by atoms with Gasteiger partial charge in [-0.3, -0.25) is 4.79 Å². The van der Waals surface area contributed by atoms with Crippen LogP contribution in [0.1, 0.15) is 37.8 Å². The van der Waals surface area contributed by atoms with Gasteiger partial charge < -0.3 is 10.5 Å². The van der Waals surface area contributed by atoms with Gasteiger partial charge in [0.15, 0.2) is 6.61 Å². The Bertz CT molecular complexity index is 771. The molecule has 6 heteroatoms. The summed E-state index contributed by atoms with van der Waals surface area (Å²) in [5.41, 5.74) is 11.6. The van der Waals surface area contributed by atoms with Crippen molar-refractivity contribution in [1.82, 2.24) is 5.43 Å². The van der Waals surface area contributed by atoms with Crippen molar-refractivity contribution in [1.29, 1.82) is 0 Å². The molecule has 0 aromatic heterocycles. The molecule has 0 aliphatic rings. The predicted molar refractivity (Wildman–Crippen MR) is 105 cm³/mol. The maximum Gasteiger partial charge on any atom is 0.277 e. The van der Waals surface area contributed by atoms with E-state index in [0.717, 1.165) is 10.0 Å². The summed E-state index contributed by atoms with van der Waals surface area (Å²) in [6.45, 7) is 5.94. The first-order chi connectivity index (χ1) is 11.9. The van der Waals surface area contributed by atoms with Crippen LogP contribution >= 0.6 is 15.9 Å². The van der Waals surface area contributed by atoms with Gasteiger partial charge >= 0.3 is 0 Å². The zero-order valence-corrected chi connectivity index (χ0v) is 16.1. The summed E-state index contributed by atoms with van der Waals surface area (Å²) >= 11 is 3.47. The van der Waals surface area contributed by atoms with Gasteiger partial charge in [-0.1, -0.05) is 32.0 Å². The van der Waals surface area contributed by atoms with Gasteiger partial charge in [0, 0.05) is 5.69 Å². The number of amides is 1. The van der Waals surface area contributed by atoms with Gasteiger partial charge in [0.05, 0.1) is 10.2 Å². The number of halogens is 1. The molecule has 1 amide bonds. The topological polar surface area (TPSA) is 76.7 Å². The fraction of sp³-hybridized carbons (Fsp3) is 0.263. The number of hydrazone groups is 1. The highest BCUT2D eigenvalue weighted by molar-refractivity contribution is 9.10. The first-order valence-corrected chi connectivity index (χ1v) is 8.77. The van der Waals surface area contributed by atoms with E-state index in [1.165, 1.54) is 5.56 Å². The highest BCUT2D eigenvalue weighted by Gasteiger charge is 2.08. The second-order valence-electron chi connectivity index (χ2n) is 5.99. The highest BCUT2D eigenvalue weighted by Crippen LogP contribution is 2.28. The zero-order chi connectivity index (χ0) is 18.4. The summed E-state index contributed by atoms with van der Waals surface area (Å²) < 4.78 is 6.37. The maximum atomic E-state index is 11.9. The number of hydrogen-bond acceptors (Lipinski definition) is 4. The highest BCUT2D eigenvalue weighted by atomic mass is 79.9. The quantitative estimate of drug-likeness (QED) is 0.433. The van der Waals surface area contributed by atoms with Gasteiger partial charge in [0.25, 0.3) is 5.91 Å². The molecule has 0 saturated carbocycles. The molecule has 0 aliphatic heterocycles. The Morgan fingerprint density at radius 1 is 1.24 bits per heavy atom. The lowest BCUT2D eigenvalue weighted by Crippen LogP contribution is -2.25. The minimum atomic E-state index is -0.324. The fourth-order valence-electron chi connectivity index (χ4n) is 2.10. The molecule has 132 valence electrons. The van der Waals surface area contributed by atoms with Crippen molar-refractivity contribution < 1.29 is 9.53 Å². The van der Waals surface area contributed by atoms with Crippen LogP contribution in [0.25, 0.3) is 0 Å². The molecule has 0 fully saturated rings. The van der Waals surface area contributed by atoms with Crippen molar-refractivity contribution >= 4 is 33.2 Å². The van der Waals surface area contributed by atoms with Crippen molar-refractivity contribution in [3.63, 3.8) is 0 Å². The van der Waals surface area contributed by atoms with E-state index in [0.29, 0.717) is 23.1 Å². The third kappa shape index (κ3) is 5.60. The molecule has 0 unspecified atom stereocenters. The molecule has 25 heavy (non-hydrogen) atoms. The van der Waals surface area contributed by atoms with Crippen molar-refractivity contribution in [3.8, 4) is 5.75 Å². The number of carbonyl (C=O) groups is 1. The van der Waals surface area contributed by atoms with Gasteiger partial charge in [-0.25, -0.2) is 5.43 Å². The molecule has 2 aromatic rings. The lowest BCUT2D eigenvalue weighted by Gasteiger charge is -2.11.